The first-order valence-corrected chi connectivity index (χ1v) is 12.0. The molecule has 1 aliphatic carbocycles. The molecule has 1 N–H and O–H groups in total. The number of aromatic nitrogens is 3. The van der Waals surface area contributed by atoms with E-state index in [1.807, 2.05) is 6.07 Å². The quantitative estimate of drug-likeness (QED) is 0.235. The van der Waals surface area contributed by atoms with Gasteiger partial charge in [0, 0.05) is 37.2 Å². The van der Waals surface area contributed by atoms with E-state index in [0.29, 0.717) is 18.9 Å². The first-order valence-electron chi connectivity index (χ1n) is 10.2. The van der Waals surface area contributed by atoms with Gasteiger partial charge in [0.15, 0.2) is 10.1 Å². The maximum Gasteiger partial charge on any atom is 0.206 e. The Morgan fingerprint density at radius 3 is 2.97 bits per heavy atom. The van der Waals surface area contributed by atoms with Crippen molar-refractivity contribution in [2.24, 2.45) is 0 Å². The van der Waals surface area contributed by atoms with E-state index in [9.17, 15) is 4.79 Å². The number of anilines is 1. The number of aryl methyl sites for hydroxylation is 1. The second-order valence-corrected chi connectivity index (χ2v) is 9.50. The summed E-state index contributed by atoms with van der Waals surface area (Å²) in [7, 11) is 1.67. The van der Waals surface area contributed by atoms with E-state index in [2.05, 4.69) is 40.0 Å². The predicted molar refractivity (Wildman–Crippen MR) is 120 cm³/mol. The summed E-state index contributed by atoms with van der Waals surface area (Å²) < 4.78 is 8.10. The number of Topliss-reactive ketones (excluding diaryl/α,β-unsaturated/α-hetero) is 1. The number of methoxy groups -OCH3 is 1. The summed E-state index contributed by atoms with van der Waals surface area (Å²) in [6, 6.07) is 2.03. The Balaban J connectivity index is 1.54. The summed E-state index contributed by atoms with van der Waals surface area (Å²) in [5.41, 5.74) is 4.63. The summed E-state index contributed by atoms with van der Waals surface area (Å²) >= 11 is 2.92. The van der Waals surface area contributed by atoms with Gasteiger partial charge in [-0.3, -0.25) is 4.79 Å². The molecule has 0 unspecified atom stereocenters. The summed E-state index contributed by atoms with van der Waals surface area (Å²) in [5.74, 6) is 0.526. The van der Waals surface area contributed by atoms with E-state index in [0.717, 1.165) is 39.4 Å². The minimum atomic E-state index is 0.148. The van der Waals surface area contributed by atoms with Crippen LogP contribution in [0.25, 0.3) is 0 Å². The standard InChI is InChI=1S/C21H30N4O2S2/c1-15-13-18(16(2)25(15)11-9-17-7-5-4-6-8-17)19(26)14-28-21-24-23-20(29-21)22-10-12-27-3/h7,13H,4-6,8-12,14H2,1-3H3,(H,22,23). The van der Waals surface area contributed by atoms with Crippen LogP contribution in [0, 0.1) is 13.8 Å². The van der Waals surface area contributed by atoms with Crippen molar-refractivity contribution in [3.8, 4) is 0 Å². The first-order chi connectivity index (χ1) is 14.1. The molecule has 158 valence electrons. The fraction of sp³-hybridized carbons (Fsp3) is 0.571. The number of rotatable bonds is 11. The highest BCUT2D eigenvalue weighted by atomic mass is 32.2. The van der Waals surface area contributed by atoms with Crippen molar-refractivity contribution in [2.75, 3.05) is 31.3 Å². The highest BCUT2D eigenvalue weighted by molar-refractivity contribution is 8.01. The van der Waals surface area contributed by atoms with Gasteiger partial charge >= 0.3 is 0 Å². The third kappa shape index (κ3) is 6.17. The Kier molecular flexibility index (Phi) is 8.32. The van der Waals surface area contributed by atoms with Crippen LogP contribution in [0.1, 0.15) is 53.8 Å². The minimum absolute atomic E-state index is 0.148. The van der Waals surface area contributed by atoms with E-state index in [4.69, 9.17) is 4.74 Å². The molecule has 0 atom stereocenters. The molecule has 6 nitrogen and oxygen atoms in total. The smallest absolute Gasteiger partial charge is 0.206 e. The van der Waals surface area contributed by atoms with Gasteiger partial charge in [0.25, 0.3) is 0 Å². The number of carbonyl (C=O) groups excluding carboxylic acids is 1. The molecule has 2 aromatic rings. The Labute approximate surface area is 181 Å². The van der Waals surface area contributed by atoms with Gasteiger partial charge in [-0.1, -0.05) is 34.7 Å². The molecule has 0 saturated heterocycles. The molecular weight excluding hydrogens is 404 g/mol. The Morgan fingerprint density at radius 1 is 1.34 bits per heavy atom. The predicted octanol–water partition coefficient (Wildman–Crippen LogP) is 4.88. The monoisotopic (exact) mass is 434 g/mol. The van der Waals surface area contributed by atoms with Gasteiger partial charge in [-0.05, 0) is 52.0 Å². The number of carbonyl (C=O) groups is 1. The largest absolute Gasteiger partial charge is 0.383 e. The zero-order valence-corrected chi connectivity index (χ0v) is 19.1. The van der Waals surface area contributed by atoms with Gasteiger partial charge in [0.1, 0.15) is 0 Å². The average Bonchev–Trinajstić information content (AvgIpc) is 3.30. The van der Waals surface area contributed by atoms with Crippen LogP contribution in [0.15, 0.2) is 22.1 Å². The minimum Gasteiger partial charge on any atom is -0.383 e. The van der Waals surface area contributed by atoms with Crippen LogP contribution in [0.3, 0.4) is 0 Å². The van der Waals surface area contributed by atoms with Crippen molar-refractivity contribution in [3.63, 3.8) is 0 Å². The number of ether oxygens (including phenoxy) is 1. The van der Waals surface area contributed by atoms with Gasteiger partial charge in [-0.2, -0.15) is 0 Å². The maximum atomic E-state index is 12.8. The number of nitrogens with zero attached hydrogens (tertiary/aromatic N) is 3. The van der Waals surface area contributed by atoms with Crippen LogP contribution >= 0.6 is 23.1 Å². The van der Waals surface area contributed by atoms with E-state index in [1.165, 1.54) is 48.8 Å². The van der Waals surface area contributed by atoms with Crippen molar-refractivity contribution in [2.45, 2.75) is 56.8 Å². The van der Waals surface area contributed by atoms with Crippen LogP contribution in [-0.2, 0) is 11.3 Å². The number of thioether (sulfide) groups is 1. The lowest BCUT2D eigenvalue weighted by molar-refractivity contribution is 0.102. The van der Waals surface area contributed by atoms with Crippen molar-refractivity contribution in [3.05, 3.63) is 34.7 Å². The molecule has 0 radical (unpaired) electrons. The molecule has 1 aliphatic rings. The maximum absolute atomic E-state index is 12.8. The van der Waals surface area contributed by atoms with Gasteiger partial charge in [-0.15, -0.1) is 10.2 Å². The van der Waals surface area contributed by atoms with Gasteiger partial charge < -0.3 is 14.6 Å². The number of ketones is 1. The highest BCUT2D eigenvalue weighted by Crippen LogP contribution is 2.27. The topological polar surface area (TPSA) is 69.0 Å². The SMILES string of the molecule is COCCNc1nnc(SCC(=O)c2cc(C)n(CCC3=CCCCC3)c2C)s1. The molecule has 2 aromatic heterocycles. The summed E-state index contributed by atoms with van der Waals surface area (Å²) in [5, 5.41) is 12.2. The molecule has 0 aliphatic heterocycles. The van der Waals surface area contributed by atoms with Gasteiger partial charge in [-0.25, -0.2) is 0 Å². The molecule has 0 bridgehead atoms. The van der Waals surface area contributed by atoms with Crippen LogP contribution in [-0.4, -0.2) is 46.6 Å². The summed E-state index contributed by atoms with van der Waals surface area (Å²) in [6.45, 7) is 6.42. The molecule has 0 spiro atoms. The highest BCUT2D eigenvalue weighted by Gasteiger charge is 2.17. The third-order valence-corrected chi connectivity index (χ3v) is 7.25. The fourth-order valence-electron chi connectivity index (χ4n) is 3.62. The number of nitrogens with one attached hydrogen (secondary N) is 1. The Morgan fingerprint density at radius 2 is 2.21 bits per heavy atom. The summed E-state index contributed by atoms with van der Waals surface area (Å²) in [6.07, 6.45) is 8.57. The van der Waals surface area contributed by atoms with Crippen molar-refractivity contribution >= 4 is 34.0 Å². The second-order valence-electron chi connectivity index (χ2n) is 7.30. The van der Waals surface area contributed by atoms with Crippen LogP contribution in [0.4, 0.5) is 5.13 Å². The fourth-order valence-corrected chi connectivity index (χ4v) is 5.28. The number of allylic oxidation sites excluding steroid dienone is 2. The van der Waals surface area contributed by atoms with Crippen molar-refractivity contribution in [1.82, 2.24) is 14.8 Å². The van der Waals surface area contributed by atoms with E-state index in [1.54, 1.807) is 12.7 Å². The molecule has 8 heteroatoms. The zero-order valence-electron chi connectivity index (χ0n) is 17.5. The van der Waals surface area contributed by atoms with E-state index in [-0.39, 0.29) is 5.78 Å². The van der Waals surface area contributed by atoms with Crippen LogP contribution < -0.4 is 5.32 Å². The normalized spacial score (nSPS) is 14.1. The lowest BCUT2D eigenvalue weighted by Crippen LogP contribution is -2.08. The van der Waals surface area contributed by atoms with Crippen LogP contribution in [0.2, 0.25) is 0 Å². The van der Waals surface area contributed by atoms with Crippen LogP contribution in [0.5, 0.6) is 0 Å². The Bertz CT molecular complexity index is 857. The Hall–Kier alpha value is -1.64. The zero-order chi connectivity index (χ0) is 20.6. The molecular formula is C21H30N4O2S2. The molecule has 0 fully saturated rings. The first kappa shape index (κ1) is 22.1. The van der Waals surface area contributed by atoms with Gasteiger partial charge in [0.2, 0.25) is 5.13 Å². The van der Waals surface area contributed by atoms with Crippen molar-refractivity contribution < 1.29 is 9.53 Å². The molecule has 0 aromatic carbocycles. The van der Waals surface area contributed by atoms with Gasteiger partial charge in [0.05, 0.1) is 12.4 Å². The summed E-state index contributed by atoms with van der Waals surface area (Å²) in [4.78, 5) is 12.8. The average molecular weight is 435 g/mol. The molecule has 29 heavy (non-hydrogen) atoms. The molecule has 0 saturated carbocycles. The second kappa shape index (κ2) is 10.9. The molecule has 2 heterocycles. The lowest BCUT2D eigenvalue weighted by Gasteiger charge is -2.15. The van der Waals surface area contributed by atoms with E-state index < -0.39 is 0 Å². The lowest BCUT2D eigenvalue weighted by atomic mass is 9.97. The third-order valence-electron chi connectivity index (χ3n) is 5.23. The van der Waals surface area contributed by atoms with Crippen molar-refractivity contribution in [1.29, 1.82) is 0 Å². The number of hydrogen-bond acceptors (Lipinski definition) is 7. The van der Waals surface area contributed by atoms with E-state index >= 15 is 0 Å². The molecule has 0 amide bonds. The number of hydrogen-bond donors (Lipinski definition) is 1. The molecule has 3 rings (SSSR count).